The van der Waals surface area contributed by atoms with Gasteiger partial charge in [-0.3, -0.25) is 4.79 Å². The average Bonchev–Trinajstić information content (AvgIpc) is 3.44. The Labute approximate surface area is 202 Å². The number of methoxy groups -OCH3 is 1. The largest absolute Gasteiger partial charge is 0.495 e. The molecule has 2 aromatic heterocycles. The minimum Gasteiger partial charge on any atom is -0.495 e. The number of hydrogen-bond donors (Lipinski definition) is 2. The number of fused-ring (bicyclic) bond motifs is 1. The summed E-state index contributed by atoms with van der Waals surface area (Å²) in [4.78, 5) is 19.5. The topological polar surface area (TPSA) is 81.1 Å². The molecule has 0 bridgehead atoms. The quantitative estimate of drug-likeness (QED) is 0.398. The molecule has 8 heteroatoms. The van der Waals surface area contributed by atoms with Gasteiger partial charge in [0.15, 0.2) is 5.82 Å². The highest BCUT2D eigenvalue weighted by molar-refractivity contribution is 7.10. The molecule has 0 radical (unpaired) electrons. The number of nitrogens with zero attached hydrogens (tertiary/aromatic N) is 3. The number of ether oxygens (including phenoxy) is 1. The van der Waals surface area contributed by atoms with Crippen LogP contribution in [-0.2, 0) is 4.79 Å². The van der Waals surface area contributed by atoms with Gasteiger partial charge in [0.25, 0.3) is 5.91 Å². The highest BCUT2D eigenvalue weighted by Crippen LogP contribution is 2.40. The molecular weight excluding hydrogens is 446 g/mol. The first-order chi connectivity index (χ1) is 16.5. The Kier molecular flexibility index (Phi) is 5.67. The minimum atomic E-state index is -0.405. The summed E-state index contributed by atoms with van der Waals surface area (Å²) in [6, 6.07) is 17.1. The van der Waals surface area contributed by atoms with E-state index in [4.69, 9.17) is 14.8 Å². The summed E-state index contributed by atoms with van der Waals surface area (Å²) in [6.07, 6.45) is 0. The number of para-hydroxylation sites is 2. The standard InChI is InChI=1S/C26H25N5O2S/c1-15-9-11-18(12-10-15)24-29-26-27-17(3)21(22(31(26)30-24)23-16(2)13-14-34-23)25(32)28-19-7-5-6-8-20(19)33-4/h5-14,22H,1-4H3,(H,28,32)(H,27,29,30). The molecule has 5 rings (SSSR count). The molecule has 4 aromatic rings. The number of nitrogens with one attached hydrogen (secondary N) is 2. The molecule has 1 aliphatic heterocycles. The Bertz CT molecular complexity index is 1400. The fourth-order valence-electron chi connectivity index (χ4n) is 4.11. The third kappa shape index (κ3) is 3.86. The van der Waals surface area contributed by atoms with Crippen molar-refractivity contribution in [2.24, 2.45) is 0 Å². The van der Waals surface area contributed by atoms with Crippen molar-refractivity contribution in [1.29, 1.82) is 0 Å². The first kappa shape index (κ1) is 21.9. The van der Waals surface area contributed by atoms with Crippen molar-refractivity contribution in [2.75, 3.05) is 17.7 Å². The molecule has 0 saturated carbocycles. The van der Waals surface area contributed by atoms with E-state index in [1.807, 2.05) is 72.4 Å². The Balaban J connectivity index is 1.59. The summed E-state index contributed by atoms with van der Waals surface area (Å²) < 4.78 is 7.24. The molecule has 0 saturated heterocycles. The van der Waals surface area contributed by atoms with E-state index < -0.39 is 6.04 Å². The van der Waals surface area contributed by atoms with Crippen molar-refractivity contribution >= 4 is 28.9 Å². The third-order valence-corrected chi connectivity index (χ3v) is 6.98. The first-order valence-electron chi connectivity index (χ1n) is 11.0. The van der Waals surface area contributed by atoms with Crippen molar-refractivity contribution in [2.45, 2.75) is 26.8 Å². The number of aryl methyl sites for hydroxylation is 2. The zero-order valence-electron chi connectivity index (χ0n) is 19.4. The average molecular weight is 472 g/mol. The van der Waals surface area contributed by atoms with Crippen LogP contribution in [0.2, 0.25) is 0 Å². The molecule has 2 N–H and O–H groups in total. The van der Waals surface area contributed by atoms with Gasteiger partial charge in [-0.25, -0.2) is 4.68 Å². The van der Waals surface area contributed by atoms with Crippen LogP contribution in [0.25, 0.3) is 11.4 Å². The van der Waals surface area contributed by atoms with E-state index in [-0.39, 0.29) is 5.91 Å². The smallest absolute Gasteiger partial charge is 0.256 e. The molecule has 34 heavy (non-hydrogen) atoms. The van der Waals surface area contributed by atoms with Crippen LogP contribution in [0.1, 0.15) is 29.0 Å². The van der Waals surface area contributed by atoms with Crippen LogP contribution in [0.15, 0.2) is 71.2 Å². The van der Waals surface area contributed by atoms with E-state index in [9.17, 15) is 4.79 Å². The molecule has 1 aliphatic rings. The van der Waals surface area contributed by atoms with Gasteiger partial charge in [-0.2, -0.15) is 4.98 Å². The van der Waals surface area contributed by atoms with Crippen LogP contribution in [-0.4, -0.2) is 27.8 Å². The molecule has 3 heterocycles. The van der Waals surface area contributed by atoms with E-state index in [0.717, 1.165) is 21.7 Å². The fourth-order valence-corrected chi connectivity index (χ4v) is 5.13. The van der Waals surface area contributed by atoms with Crippen molar-refractivity contribution in [3.8, 4) is 17.1 Å². The number of hydrogen-bond acceptors (Lipinski definition) is 6. The van der Waals surface area contributed by atoms with Crippen molar-refractivity contribution in [3.63, 3.8) is 0 Å². The summed E-state index contributed by atoms with van der Waals surface area (Å²) in [5.41, 5.74) is 5.14. The van der Waals surface area contributed by atoms with Gasteiger partial charge in [-0.05, 0) is 49.9 Å². The number of thiophene rings is 1. The fraction of sp³-hybridized carbons (Fsp3) is 0.192. The van der Waals surface area contributed by atoms with Crippen molar-refractivity contribution in [1.82, 2.24) is 14.8 Å². The lowest BCUT2D eigenvalue weighted by atomic mass is 9.98. The highest BCUT2D eigenvalue weighted by atomic mass is 32.1. The number of anilines is 2. The number of carbonyl (C=O) groups is 1. The van der Waals surface area contributed by atoms with Crippen molar-refractivity contribution in [3.05, 3.63) is 87.3 Å². The van der Waals surface area contributed by atoms with E-state index in [0.29, 0.717) is 28.8 Å². The maximum atomic E-state index is 13.7. The molecule has 0 fully saturated rings. The lowest BCUT2D eigenvalue weighted by molar-refractivity contribution is -0.113. The van der Waals surface area contributed by atoms with Crippen molar-refractivity contribution < 1.29 is 9.53 Å². The Morgan fingerprint density at radius 1 is 1.09 bits per heavy atom. The normalized spacial score (nSPS) is 15.0. The number of rotatable bonds is 5. The number of carbonyl (C=O) groups excluding carboxylic acids is 1. The van der Waals surface area contributed by atoms with E-state index in [1.165, 1.54) is 5.56 Å². The Morgan fingerprint density at radius 3 is 2.56 bits per heavy atom. The number of benzene rings is 2. The second-order valence-corrected chi connectivity index (χ2v) is 9.21. The third-order valence-electron chi connectivity index (χ3n) is 5.91. The Hall–Kier alpha value is -3.91. The Morgan fingerprint density at radius 2 is 1.85 bits per heavy atom. The lowest BCUT2D eigenvalue weighted by Crippen LogP contribution is -2.31. The van der Waals surface area contributed by atoms with Gasteiger partial charge in [0.05, 0.1) is 18.4 Å². The molecule has 2 aromatic carbocycles. The van der Waals surface area contributed by atoms with Crippen LogP contribution < -0.4 is 15.4 Å². The van der Waals surface area contributed by atoms with Crippen LogP contribution in [0.3, 0.4) is 0 Å². The van der Waals surface area contributed by atoms with Gasteiger partial charge in [-0.1, -0.05) is 42.0 Å². The summed E-state index contributed by atoms with van der Waals surface area (Å²) in [5, 5.41) is 13.2. The molecule has 0 aliphatic carbocycles. The number of allylic oxidation sites excluding steroid dienone is 1. The summed E-state index contributed by atoms with van der Waals surface area (Å²) in [7, 11) is 1.59. The van der Waals surface area contributed by atoms with Gasteiger partial charge < -0.3 is 15.4 Å². The molecule has 1 amide bonds. The lowest BCUT2D eigenvalue weighted by Gasteiger charge is -2.28. The predicted octanol–water partition coefficient (Wildman–Crippen LogP) is 5.56. The summed E-state index contributed by atoms with van der Waals surface area (Å²) in [5.74, 6) is 1.61. The molecule has 0 spiro atoms. The maximum absolute atomic E-state index is 13.7. The first-order valence-corrected chi connectivity index (χ1v) is 11.8. The zero-order chi connectivity index (χ0) is 23.8. The summed E-state index contributed by atoms with van der Waals surface area (Å²) in [6.45, 7) is 6.00. The van der Waals surface area contributed by atoms with Crippen LogP contribution in [0.4, 0.5) is 11.6 Å². The molecule has 1 atom stereocenters. The van der Waals surface area contributed by atoms with E-state index in [1.54, 1.807) is 18.4 Å². The second-order valence-electron chi connectivity index (χ2n) is 8.26. The van der Waals surface area contributed by atoms with E-state index >= 15 is 0 Å². The predicted molar refractivity (Wildman–Crippen MR) is 135 cm³/mol. The molecule has 172 valence electrons. The summed E-state index contributed by atoms with van der Waals surface area (Å²) >= 11 is 1.61. The zero-order valence-corrected chi connectivity index (χ0v) is 20.2. The van der Waals surface area contributed by atoms with Gasteiger partial charge in [0.2, 0.25) is 5.95 Å². The van der Waals surface area contributed by atoms with Gasteiger partial charge >= 0.3 is 0 Å². The SMILES string of the molecule is COc1ccccc1NC(=O)C1=C(C)Nc2nc(-c3ccc(C)cc3)nn2C1c1sccc1C. The highest BCUT2D eigenvalue weighted by Gasteiger charge is 2.36. The minimum absolute atomic E-state index is 0.217. The number of aromatic nitrogens is 3. The molecule has 7 nitrogen and oxygen atoms in total. The van der Waals surface area contributed by atoms with Crippen LogP contribution in [0.5, 0.6) is 5.75 Å². The molecular formula is C26H25N5O2S. The van der Waals surface area contributed by atoms with E-state index in [2.05, 4.69) is 23.6 Å². The van der Waals surface area contributed by atoms with Gasteiger partial charge in [0.1, 0.15) is 11.8 Å². The second kappa shape index (κ2) is 8.79. The monoisotopic (exact) mass is 471 g/mol. The number of amides is 1. The van der Waals surface area contributed by atoms with Gasteiger partial charge in [0, 0.05) is 16.1 Å². The van der Waals surface area contributed by atoms with Crippen LogP contribution in [0, 0.1) is 13.8 Å². The molecule has 1 unspecified atom stereocenters. The maximum Gasteiger partial charge on any atom is 0.256 e. The van der Waals surface area contributed by atoms with Gasteiger partial charge in [-0.15, -0.1) is 16.4 Å². The van der Waals surface area contributed by atoms with Crippen LogP contribution >= 0.6 is 11.3 Å².